The fourth-order valence-electron chi connectivity index (χ4n) is 1.43. The number of nitrogens with one attached hydrogen (secondary N) is 1. The molecule has 0 aliphatic rings. The molecule has 17 heavy (non-hydrogen) atoms. The molecule has 0 fully saturated rings. The van der Waals surface area contributed by atoms with E-state index in [0.717, 1.165) is 16.6 Å². The first kappa shape index (κ1) is 13.9. The average Bonchev–Trinajstić information content (AvgIpc) is 2.64. The van der Waals surface area contributed by atoms with Gasteiger partial charge in [0.25, 0.3) is 0 Å². The van der Waals surface area contributed by atoms with Crippen molar-refractivity contribution in [3.8, 4) is 0 Å². The van der Waals surface area contributed by atoms with Crippen molar-refractivity contribution in [2.75, 3.05) is 18.4 Å². The molecule has 0 aliphatic heterocycles. The second-order valence-electron chi connectivity index (χ2n) is 4.13. The largest absolute Gasteiger partial charge is 0.369 e. The first-order chi connectivity index (χ1) is 8.02. The van der Waals surface area contributed by atoms with E-state index in [-0.39, 0.29) is 18.5 Å². The van der Waals surface area contributed by atoms with Crippen LogP contribution in [-0.4, -0.2) is 34.9 Å². The van der Waals surface area contributed by atoms with Gasteiger partial charge in [0, 0.05) is 30.2 Å². The van der Waals surface area contributed by atoms with Crippen LogP contribution >= 0.6 is 11.3 Å². The zero-order valence-electron chi connectivity index (χ0n) is 10.6. The fourth-order valence-corrected chi connectivity index (χ4v) is 2.34. The number of anilines is 1. The molecule has 6 heteroatoms. The van der Waals surface area contributed by atoms with Crippen LogP contribution in [0.15, 0.2) is 6.20 Å². The van der Waals surface area contributed by atoms with Gasteiger partial charge in [-0.2, -0.15) is 0 Å². The molecule has 1 aromatic heterocycles. The summed E-state index contributed by atoms with van der Waals surface area (Å²) < 4.78 is 0. The van der Waals surface area contributed by atoms with Crippen molar-refractivity contribution in [2.45, 2.75) is 33.4 Å². The smallest absolute Gasteiger partial charge is 0.231 e. The maximum absolute atomic E-state index is 11.0. The lowest BCUT2D eigenvalue weighted by Gasteiger charge is -2.23. The number of primary amides is 1. The van der Waals surface area contributed by atoms with Crippen LogP contribution in [0.5, 0.6) is 0 Å². The van der Waals surface area contributed by atoms with Gasteiger partial charge >= 0.3 is 0 Å². The summed E-state index contributed by atoms with van der Waals surface area (Å²) in [5.41, 5.74) is 5.23. The highest BCUT2D eigenvalue weighted by atomic mass is 32.1. The molecule has 5 nitrogen and oxygen atoms in total. The van der Waals surface area contributed by atoms with Gasteiger partial charge in [-0.25, -0.2) is 4.98 Å². The Balaban J connectivity index is 2.61. The quantitative estimate of drug-likeness (QED) is 0.770. The lowest BCUT2D eigenvalue weighted by atomic mass is 10.3. The van der Waals surface area contributed by atoms with Gasteiger partial charge in [-0.15, -0.1) is 11.3 Å². The number of carbonyl (C=O) groups excluding carboxylic acids is 1. The van der Waals surface area contributed by atoms with Crippen molar-refractivity contribution in [3.63, 3.8) is 0 Å². The summed E-state index contributed by atoms with van der Waals surface area (Å²) in [6, 6.07) is 0.284. The Bertz CT molecular complexity index is 364. The van der Waals surface area contributed by atoms with Gasteiger partial charge in [-0.3, -0.25) is 9.69 Å². The molecular formula is C11H20N4OS. The minimum absolute atomic E-state index is 0.284. The molecule has 0 aromatic carbocycles. The molecule has 0 bridgehead atoms. The van der Waals surface area contributed by atoms with Crippen molar-refractivity contribution in [1.29, 1.82) is 0 Å². The zero-order chi connectivity index (χ0) is 12.8. The SMILES string of the molecule is CCNc1ncc(CN(CC(N)=O)C(C)C)s1. The summed E-state index contributed by atoms with van der Waals surface area (Å²) in [7, 11) is 0. The Morgan fingerprint density at radius 2 is 2.35 bits per heavy atom. The van der Waals surface area contributed by atoms with Crippen LogP contribution in [0.2, 0.25) is 0 Å². The van der Waals surface area contributed by atoms with Gasteiger partial charge in [0.15, 0.2) is 5.13 Å². The van der Waals surface area contributed by atoms with Gasteiger partial charge in [0.1, 0.15) is 0 Å². The number of nitrogens with two attached hydrogens (primary N) is 1. The molecule has 96 valence electrons. The number of hydrogen-bond acceptors (Lipinski definition) is 5. The zero-order valence-corrected chi connectivity index (χ0v) is 11.4. The van der Waals surface area contributed by atoms with E-state index >= 15 is 0 Å². The molecule has 0 radical (unpaired) electrons. The highest BCUT2D eigenvalue weighted by Gasteiger charge is 2.14. The third kappa shape index (κ3) is 4.70. The van der Waals surface area contributed by atoms with Gasteiger partial charge < -0.3 is 11.1 Å². The number of thiazole rings is 1. The van der Waals surface area contributed by atoms with E-state index in [9.17, 15) is 4.79 Å². The molecule has 0 unspecified atom stereocenters. The summed E-state index contributed by atoms with van der Waals surface area (Å²) in [6.45, 7) is 8.00. The van der Waals surface area contributed by atoms with Crippen LogP contribution < -0.4 is 11.1 Å². The predicted molar refractivity (Wildman–Crippen MR) is 71.0 cm³/mol. The Labute approximate surface area is 106 Å². The monoisotopic (exact) mass is 256 g/mol. The van der Waals surface area contributed by atoms with E-state index in [0.29, 0.717) is 6.54 Å². The fraction of sp³-hybridized carbons (Fsp3) is 0.636. The molecule has 1 aromatic rings. The van der Waals surface area contributed by atoms with E-state index < -0.39 is 0 Å². The molecule has 1 rings (SSSR count). The maximum atomic E-state index is 11.0. The van der Waals surface area contributed by atoms with Crippen LogP contribution in [0.1, 0.15) is 25.6 Å². The third-order valence-corrected chi connectivity index (χ3v) is 3.27. The summed E-state index contributed by atoms with van der Waals surface area (Å²) >= 11 is 1.61. The number of aromatic nitrogens is 1. The average molecular weight is 256 g/mol. The van der Waals surface area contributed by atoms with Gasteiger partial charge in [-0.1, -0.05) is 0 Å². The van der Waals surface area contributed by atoms with Gasteiger partial charge in [-0.05, 0) is 20.8 Å². The van der Waals surface area contributed by atoms with Crippen LogP contribution in [-0.2, 0) is 11.3 Å². The molecule has 0 saturated heterocycles. The highest BCUT2D eigenvalue weighted by molar-refractivity contribution is 7.15. The van der Waals surface area contributed by atoms with Crippen molar-refractivity contribution in [2.24, 2.45) is 5.73 Å². The summed E-state index contributed by atoms with van der Waals surface area (Å²) in [4.78, 5) is 18.4. The summed E-state index contributed by atoms with van der Waals surface area (Å²) in [5.74, 6) is -0.296. The molecule has 1 heterocycles. The maximum Gasteiger partial charge on any atom is 0.231 e. The Morgan fingerprint density at radius 3 is 2.88 bits per heavy atom. The van der Waals surface area contributed by atoms with E-state index in [1.165, 1.54) is 0 Å². The van der Waals surface area contributed by atoms with Crippen molar-refractivity contribution in [3.05, 3.63) is 11.1 Å². The first-order valence-corrected chi connectivity index (χ1v) is 6.55. The molecule has 0 atom stereocenters. The summed E-state index contributed by atoms with van der Waals surface area (Å²) in [5, 5.41) is 4.09. The topological polar surface area (TPSA) is 71.2 Å². The van der Waals surface area contributed by atoms with Crippen molar-refractivity contribution in [1.82, 2.24) is 9.88 Å². The van der Waals surface area contributed by atoms with E-state index in [4.69, 9.17) is 5.73 Å². The van der Waals surface area contributed by atoms with E-state index in [1.807, 2.05) is 18.0 Å². The first-order valence-electron chi connectivity index (χ1n) is 5.73. The van der Waals surface area contributed by atoms with Crippen LogP contribution in [0, 0.1) is 0 Å². The lowest BCUT2D eigenvalue weighted by molar-refractivity contribution is -0.119. The molecule has 1 amide bonds. The van der Waals surface area contributed by atoms with Crippen molar-refractivity contribution >= 4 is 22.4 Å². The highest BCUT2D eigenvalue weighted by Crippen LogP contribution is 2.20. The molecular weight excluding hydrogens is 236 g/mol. The Morgan fingerprint density at radius 1 is 1.65 bits per heavy atom. The number of carbonyl (C=O) groups is 1. The van der Waals surface area contributed by atoms with Crippen LogP contribution in [0.25, 0.3) is 0 Å². The van der Waals surface area contributed by atoms with E-state index in [1.54, 1.807) is 11.3 Å². The number of amides is 1. The minimum Gasteiger partial charge on any atom is -0.369 e. The minimum atomic E-state index is -0.296. The standard InChI is InChI=1S/C11H20N4OS/c1-4-13-11-14-5-9(17-11)6-15(8(2)3)7-10(12)16/h5,8H,4,6-7H2,1-3H3,(H2,12,16)(H,13,14). The number of nitrogens with zero attached hydrogens (tertiary/aromatic N) is 2. The second-order valence-corrected chi connectivity index (χ2v) is 5.24. The normalized spacial score (nSPS) is 11.1. The van der Waals surface area contributed by atoms with Crippen LogP contribution in [0.3, 0.4) is 0 Å². The number of rotatable bonds is 7. The van der Waals surface area contributed by atoms with E-state index in [2.05, 4.69) is 24.1 Å². The van der Waals surface area contributed by atoms with Crippen molar-refractivity contribution < 1.29 is 4.79 Å². The summed E-state index contributed by atoms with van der Waals surface area (Å²) in [6.07, 6.45) is 1.85. The molecule has 0 saturated carbocycles. The Kier molecular flexibility index (Phi) is 5.37. The lowest BCUT2D eigenvalue weighted by Crippen LogP contribution is -2.37. The second kappa shape index (κ2) is 6.56. The molecule has 3 N–H and O–H groups in total. The Hall–Kier alpha value is -1.14. The number of hydrogen-bond donors (Lipinski definition) is 2. The predicted octanol–water partition coefficient (Wildman–Crippen LogP) is 1.27. The van der Waals surface area contributed by atoms with Gasteiger partial charge in [0.05, 0.1) is 6.54 Å². The third-order valence-electron chi connectivity index (χ3n) is 2.33. The molecule has 0 aliphatic carbocycles. The van der Waals surface area contributed by atoms with Crippen LogP contribution in [0.4, 0.5) is 5.13 Å². The molecule has 0 spiro atoms. The van der Waals surface area contributed by atoms with Gasteiger partial charge in [0.2, 0.25) is 5.91 Å².